The van der Waals surface area contributed by atoms with E-state index in [9.17, 15) is 5.11 Å². The Balaban J connectivity index is 2.26. The van der Waals surface area contributed by atoms with Crippen LogP contribution in [0.2, 0.25) is 0 Å². The van der Waals surface area contributed by atoms with Crippen molar-refractivity contribution >= 4 is 0 Å². The standard InChI is InChI=1S/C14H18O4/c1-8(7-15)11-9-3-5-18-14(9)13(16-2)10-4-6-17-12(10)11/h8,15H,3-7H2,1-2H3. The van der Waals surface area contributed by atoms with Crippen molar-refractivity contribution in [2.24, 2.45) is 0 Å². The van der Waals surface area contributed by atoms with E-state index < -0.39 is 0 Å². The maximum absolute atomic E-state index is 9.45. The zero-order chi connectivity index (χ0) is 12.7. The Bertz CT molecular complexity index is 446. The summed E-state index contributed by atoms with van der Waals surface area (Å²) in [6.07, 6.45) is 1.71. The van der Waals surface area contributed by atoms with E-state index in [1.165, 1.54) is 0 Å². The molecule has 0 saturated carbocycles. The molecule has 4 heteroatoms. The molecule has 0 spiro atoms. The molecular weight excluding hydrogens is 232 g/mol. The van der Waals surface area contributed by atoms with E-state index >= 15 is 0 Å². The van der Waals surface area contributed by atoms with Gasteiger partial charge in [-0.05, 0) is 0 Å². The molecule has 1 N–H and O–H groups in total. The number of methoxy groups -OCH3 is 1. The molecule has 98 valence electrons. The minimum absolute atomic E-state index is 0.0678. The third-order valence-electron chi connectivity index (χ3n) is 3.77. The topological polar surface area (TPSA) is 47.9 Å². The quantitative estimate of drug-likeness (QED) is 0.886. The van der Waals surface area contributed by atoms with Crippen molar-refractivity contribution in [3.05, 3.63) is 16.7 Å². The van der Waals surface area contributed by atoms with Crippen molar-refractivity contribution < 1.29 is 19.3 Å². The second-order valence-electron chi connectivity index (χ2n) is 4.84. The smallest absolute Gasteiger partial charge is 0.168 e. The molecule has 4 nitrogen and oxygen atoms in total. The summed E-state index contributed by atoms with van der Waals surface area (Å²) >= 11 is 0. The van der Waals surface area contributed by atoms with E-state index in [2.05, 4.69) is 0 Å². The summed E-state index contributed by atoms with van der Waals surface area (Å²) in [5.41, 5.74) is 3.35. The molecule has 2 heterocycles. The van der Waals surface area contributed by atoms with Crippen LogP contribution in [-0.4, -0.2) is 32.0 Å². The molecule has 1 atom stereocenters. The van der Waals surface area contributed by atoms with Crippen LogP contribution in [0.15, 0.2) is 0 Å². The summed E-state index contributed by atoms with van der Waals surface area (Å²) < 4.78 is 17.0. The first-order chi connectivity index (χ1) is 8.77. The summed E-state index contributed by atoms with van der Waals surface area (Å²) in [5.74, 6) is 2.66. The van der Waals surface area contributed by atoms with Gasteiger partial charge in [0.2, 0.25) is 0 Å². The first-order valence-electron chi connectivity index (χ1n) is 6.40. The average molecular weight is 250 g/mol. The van der Waals surface area contributed by atoms with E-state index in [4.69, 9.17) is 14.2 Å². The SMILES string of the molecule is COc1c2c(c(C(C)CO)c3c1OCC3)OCC2. The van der Waals surface area contributed by atoms with Gasteiger partial charge in [-0.2, -0.15) is 0 Å². The molecular formula is C14H18O4. The molecule has 0 radical (unpaired) electrons. The highest BCUT2D eigenvalue weighted by atomic mass is 16.5. The molecule has 0 fully saturated rings. The largest absolute Gasteiger partial charge is 0.492 e. The van der Waals surface area contributed by atoms with Gasteiger partial charge in [-0.1, -0.05) is 6.92 Å². The van der Waals surface area contributed by atoms with Crippen molar-refractivity contribution in [1.29, 1.82) is 0 Å². The predicted octanol–water partition coefficient (Wildman–Crippen LogP) is 1.66. The van der Waals surface area contributed by atoms with Gasteiger partial charge in [-0.15, -0.1) is 0 Å². The Hall–Kier alpha value is -1.42. The molecule has 0 saturated heterocycles. The van der Waals surface area contributed by atoms with Gasteiger partial charge < -0.3 is 19.3 Å². The summed E-state index contributed by atoms with van der Waals surface area (Å²) in [6.45, 7) is 3.50. The van der Waals surface area contributed by atoms with Crippen LogP contribution in [-0.2, 0) is 12.8 Å². The Morgan fingerprint density at radius 1 is 1.17 bits per heavy atom. The lowest BCUT2D eigenvalue weighted by molar-refractivity contribution is 0.267. The highest BCUT2D eigenvalue weighted by Gasteiger charge is 2.33. The van der Waals surface area contributed by atoms with Crippen LogP contribution in [0.1, 0.15) is 29.5 Å². The molecule has 0 bridgehead atoms. The molecule has 2 aliphatic heterocycles. The fraction of sp³-hybridized carbons (Fsp3) is 0.571. The Kier molecular flexibility index (Phi) is 2.82. The van der Waals surface area contributed by atoms with Gasteiger partial charge in [0.25, 0.3) is 0 Å². The molecule has 2 aliphatic rings. The molecule has 1 aromatic carbocycles. The maximum Gasteiger partial charge on any atom is 0.168 e. The number of rotatable bonds is 3. The van der Waals surface area contributed by atoms with Crippen LogP contribution in [0.5, 0.6) is 17.2 Å². The lowest BCUT2D eigenvalue weighted by Gasteiger charge is -2.19. The van der Waals surface area contributed by atoms with E-state index in [-0.39, 0.29) is 12.5 Å². The van der Waals surface area contributed by atoms with Gasteiger partial charge in [0.15, 0.2) is 11.5 Å². The summed E-state index contributed by atoms with van der Waals surface area (Å²) in [6, 6.07) is 0. The van der Waals surface area contributed by atoms with Gasteiger partial charge in [-0.25, -0.2) is 0 Å². The minimum Gasteiger partial charge on any atom is -0.492 e. The zero-order valence-electron chi connectivity index (χ0n) is 10.8. The van der Waals surface area contributed by atoms with Gasteiger partial charge in [-0.3, -0.25) is 0 Å². The predicted molar refractivity (Wildman–Crippen MR) is 66.9 cm³/mol. The monoisotopic (exact) mass is 250 g/mol. The van der Waals surface area contributed by atoms with Gasteiger partial charge in [0, 0.05) is 42.1 Å². The van der Waals surface area contributed by atoms with Gasteiger partial charge >= 0.3 is 0 Å². The van der Waals surface area contributed by atoms with E-state index in [0.717, 1.165) is 46.8 Å². The number of aliphatic hydroxyl groups excluding tert-OH is 1. The van der Waals surface area contributed by atoms with Crippen LogP contribution in [0.25, 0.3) is 0 Å². The van der Waals surface area contributed by atoms with Crippen molar-refractivity contribution in [2.75, 3.05) is 26.9 Å². The van der Waals surface area contributed by atoms with Crippen LogP contribution in [0.3, 0.4) is 0 Å². The van der Waals surface area contributed by atoms with Gasteiger partial charge in [0.05, 0.1) is 20.3 Å². The Morgan fingerprint density at radius 2 is 1.83 bits per heavy atom. The van der Waals surface area contributed by atoms with Crippen LogP contribution >= 0.6 is 0 Å². The Morgan fingerprint density at radius 3 is 2.50 bits per heavy atom. The van der Waals surface area contributed by atoms with Crippen LogP contribution in [0, 0.1) is 0 Å². The highest BCUT2D eigenvalue weighted by molar-refractivity contribution is 5.66. The third kappa shape index (κ3) is 1.48. The lowest BCUT2D eigenvalue weighted by Crippen LogP contribution is -2.06. The van der Waals surface area contributed by atoms with Crippen molar-refractivity contribution in [3.63, 3.8) is 0 Å². The fourth-order valence-corrected chi connectivity index (χ4v) is 2.93. The summed E-state index contributed by atoms with van der Waals surface area (Å²) in [5, 5.41) is 9.45. The number of hydrogen-bond donors (Lipinski definition) is 1. The third-order valence-corrected chi connectivity index (χ3v) is 3.77. The average Bonchev–Trinajstić information content (AvgIpc) is 3.02. The first-order valence-corrected chi connectivity index (χ1v) is 6.40. The number of fused-ring (bicyclic) bond motifs is 2. The van der Waals surface area contributed by atoms with Crippen molar-refractivity contribution in [1.82, 2.24) is 0 Å². The normalized spacial score (nSPS) is 17.7. The van der Waals surface area contributed by atoms with Crippen LogP contribution in [0.4, 0.5) is 0 Å². The molecule has 1 aromatic rings. The molecule has 0 aliphatic carbocycles. The number of benzene rings is 1. The van der Waals surface area contributed by atoms with E-state index in [1.54, 1.807) is 7.11 Å². The second-order valence-corrected chi connectivity index (χ2v) is 4.84. The Labute approximate surface area is 106 Å². The number of hydrogen-bond acceptors (Lipinski definition) is 4. The van der Waals surface area contributed by atoms with Gasteiger partial charge in [0.1, 0.15) is 5.75 Å². The molecule has 3 rings (SSSR count). The molecule has 18 heavy (non-hydrogen) atoms. The molecule has 0 aromatic heterocycles. The summed E-state index contributed by atoms with van der Waals surface area (Å²) in [7, 11) is 1.67. The molecule has 0 amide bonds. The zero-order valence-corrected chi connectivity index (χ0v) is 10.8. The lowest BCUT2D eigenvalue weighted by atomic mass is 9.90. The minimum atomic E-state index is 0.0678. The number of aliphatic hydroxyl groups is 1. The highest BCUT2D eigenvalue weighted by Crippen LogP contribution is 2.50. The first kappa shape index (κ1) is 11.7. The van der Waals surface area contributed by atoms with Crippen LogP contribution < -0.4 is 14.2 Å². The summed E-state index contributed by atoms with van der Waals surface area (Å²) in [4.78, 5) is 0. The molecule has 1 unspecified atom stereocenters. The fourth-order valence-electron chi connectivity index (χ4n) is 2.93. The number of ether oxygens (including phenoxy) is 3. The maximum atomic E-state index is 9.45. The van der Waals surface area contributed by atoms with Crippen molar-refractivity contribution in [3.8, 4) is 17.2 Å². The van der Waals surface area contributed by atoms with Crippen molar-refractivity contribution in [2.45, 2.75) is 25.7 Å². The second kappa shape index (κ2) is 4.35. The van der Waals surface area contributed by atoms with E-state index in [0.29, 0.717) is 13.2 Å². The van der Waals surface area contributed by atoms with E-state index in [1.807, 2.05) is 6.92 Å².